The van der Waals surface area contributed by atoms with Crippen molar-refractivity contribution >= 4 is 10.8 Å². The van der Waals surface area contributed by atoms with Gasteiger partial charge in [-0.05, 0) is 29.9 Å². The lowest BCUT2D eigenvalue weighted by molar-refractivity contribution is -0.0387. The summed E-state index contributed by atoms with van der Waals surface area (Å²) in [6.07, 6.45) is 0.203. The van der Waals surface area contributed by atoms with Crippen LogP contribution in [0.1, 0.15) is 18.5 Å². The lowest BCUT2D eigenvalue weighted by Crippen LogP contribution is -2.46. The first-order valence-electron chi connectivity index (χ1n) is 7.81. The summed E-state index contributed by atoms with van der Waals surface area (Å²) in [5.74, 6) is 0. The molecule has 1 heterocycles. The lowest BCUT2D eigenvalue weighted by atomic mass is 9.94. The zero-order valence-corrected chi connectivity index (χ0v) is 12.9. The van der Waals surface area contributed by atoms with Gasteiger partial charge in [0.1, 0.15) is 0 Å². The van der Waals surface area contributed by atoms with E-state index in [1.54, 1.807) is 0 Å². The zero-order valence-electron chi connectivity index (χ0n) is 12.9. The third-order valence-corrected chi connectivity index (χ3v) is 4.25. The van der Waals surface area contributed by atoms with E-state index in [9.17, 15) is 0 Å². The predicted molar refractivity (Wildman–Crippen MR) is 87.6 cm³/mol. The molecule has 1 aliphatic heterocycles. The molecule has 3 heteroatoms. The van der Waals surface area contributed by atoms with Crippen LogP contribution in [0.5, 0.6) is 0 Å². The molecule has 0 spiro atoms. The molecule has 0 bridgehead atoms. The van der Waals surface area contributed by atoms with Crippen molar-refractivity contribution in [3.05, 3.63) is 48.0 Å². The SMILES string of the molecule is CCNC(c1cccc2ccccc12)C1CN(C)CCO1. The first-order chi connectivity index (χ1) is 10.3. The highest BCUT2D eigenvalue weighted by Gasteiger charge is 2.28. The van der Waals surface area contributed by atoms with Gasteiger partial charge in [0.2, 0.25) is 0 Å². The molecule has 1 saturated heterocycles. The Morgan fingerprint density at radius 1 is 1.24 bits per heavy atom. The number of nitrogens with zero attached hydrogens (tertiary/aromatic N) is 1. The molecule has 3 rings (SSSR count). The number of ether oxygens (including phenoxy) is 1. The lowest BCUT2D eigenvalue weighted by Gasteiger charge is -2.36. The summed E-state index contributed by atoms with van der Waals surface area (Å²) in [4.78, 5) is 2.35. The molecular formula is C18H24N2O. The average Bonchev–Trinajstić information content (AvgIpc) is 2.52. The minimum atomic E-state index is 0.203. The van der Waals surface area contributed by atoms with Crippen LogP contribution in [-0.4, -0.2) is 44.3 Å². The molecule has 2 atom stereocenters. The summed E-state index contributed by atoms with van der Waals surface area (Å²) in [5.41, 5.74) is 1.34. The van der Waals surface area contributed by atoms with E-state index in [0.717, 1.165) is 26.2 Å². The highest BCUT2D eigenvalue weighted by Crippen LogP contribution is 2.28. The molecule has 2 unspecified atom stereocenters. The molecule has 0 aromatic heterocycles. The normalized spacial score (nSPS) is 21.5. The van der Waals surface area contributed by atoms with E-state index in [2.05, 4.69) is 66.7 Å². The van der Waals surface area contributed by atoms with Crippen LogP contribution in [0.2, 0.25) is 0 Å². The van der Waals surface area contributed by atoms with Crippen molar-refractivity contribution in [3.8, 4) is 0 Å². The molecule has 2 aromatic rings. The second-order valence-electron chi connectivity index (χ2n) is 5.78. The maximum Gasteiger partial charge on any atom is 0.0897 e. The first-order valence-corrected chi connectivity index (χ1v) is 7.81. The average molecular weight is 284 g/mol. The van der Waals surface area contributed by atoms with Crippen molar-refractivity contribution in [1.82, 2.24) is 10.2 Å². The van der Waals surface area contributed by atoms with Crippen LogP contribution >= 0.6 is 0 Å². The highest BCUT2D eigenvalue weighted by molar-refractivity contribution is 5.86. The number of likely N-dealkylation sites (N-methyl/N-ethyl adjacent to an activating group) is 2. The topological polar surface area (TPSA) is 24.5 Å². The fourth-order valence-electron chi connectivity index (χ4n) is 3.20. The van der Waals surface area contributed by atoms with Crippen LogP contribution in [0.4, 0.5) is 0 Å². The third-order valence-electron chi connectivity index (χ3n) is 4.25. The molecule has 2 aromatic carbocycles. The Bertz CT molecular complexity index is 593. The summed E-state index contributed by atoms with van der Waals surface area (Å²) in [5, 5.41) is 6.25. The largest absolute Gasteiger partial charge is 0.374 e. The Morgan fingerprint density at radius 3 is 2.86 bits per heavy atom. The minimum absolute atomic E-state index is 0.203. The molecule has 0 saturated carbocycles. The van der Waals surface area contributed by atoms with Gasteiger partial charge in [0.15, 0.2) is 0 Å². The van der Waals surface area contributed by atoms with Gasteiger partial charge in [0, 0.05) is 13.1 Å². The van der Waals surface area contributed by atoms with Gasteiger partial charge in [-0.2, -0.15) is 0 Å². The maximum absolute atomic E-state index is 6.06. The molecule has 112 valence electrons. The number of hydrogen-bond acceptors (Lipinski definition) is 3. The van der Waals surface area contributed by atoms with E-state index in [1.165, 1.54) is 16.3 Å². The number of morpholine rings is 1. The van der Waals surface area contributed by atoms with Crippen molar-refractivity contribution in [2.24, 2.45) is 0 Å². The molecular weight excluding hydrogens is 260 g/mol. The number of hydrogen-bond donors (Lipinski definition) is 1. The minimum Gasteiger partial charge on any atom is -0.374 e. The van der Waals surface area contributed by atoms with Crippen LogP contribution in [0.15, 0.2) is 42.5 Å². The number of fused-ring (bicyclic) bond motifs is 1. The molecule has 21 heavy (non-hydrogen) atoms. The standard InChI is InChI=1S/C18H24N2O/c1-3-19-18(17-13-20(2)11-12-21-17)16-10-6-8-14-7-4-5-9-15(14)16/h4-10,17-19H,3,11-13H2,1-2H3. The van der Waals surface area contributed by atoms with E-state index in [4.69, 9.17) is 4.74 Å². The van der Waals surface area contributed by atoms with Gasteiger partial charge < -0.3 is 15.0 Å². The van der Waals surface area contributed by atoms with Gasteiger partial charge in [0.05, 0.1) is 18.8 Å². The Kier molecular flexibility index (Phi) is 4.54. The predicted octanol–water partition coefficient (Wildman–Crippen LogP) is 2.82. The van der Waals surface area contributed by atoms with Gasteiger partial charge in [-0.1, -0.05) is 49.4 Å². The number of rotatable bonds is 4. The van der Waals surface area contributed by atoms with E-state index in [1.807, 2.05) is 0 Å². The fourth-order valence-corrected chi connectivity index (χ4v) is 3.20. The first kappa shape index (κ1) is 14.5. The van der Waals surface area contributed by atoms with Crippen LogP contribution < -0.4 is 5.32 Å². The Morgan fingerprint density at radius 2 is 2.05 bits per heavy atom. The van der Waals surface area contributed by atoms with Crippen molar-refractivity contribution in [1.29, 1.82) is 0 Å². The summed E-state index contributed by atoms with van der Waals surface area (Å²) in [6, 6.07) is 15.4. The molecule has 0 amide bonds. The molecule has 0 radical (unpaired) electrons. The molecule has 1 aliphatic rings. The summed E-state index contributed by atoms with van der Waals surface area (Å²) >= 11 is 0. The smallest absolute Gasteiger partial charge is 0.0897 e. The summed E-state index contributed by atoms with van der Waals surface area (Å²) in [7, 11) is 2.17. The monoisotopic (exact) mass is 284 g/mol. The van der Waals surface area contributed by atoms with E-state index in [0.29, 0.717) is 0 Å². The Hall–Kier alpha value is -1.42. The Labute approximate surface area is 126 Å². The Balaban J connectivity index is 1.98. The molecule has 1 fully saturated rings. The third kappa shape index (κ3) is 3.10. The van der Waals surface area contributed by atoms with Crippen molar-refractivity contribution in [3.63, 3.8) is 0 Å². The summed E-state index contributed by atoms with van der Waals surface area (Å²) < 4.78 is 6.06. The van der Waals surface area contributed by atoms with Crippen molar-refractivity contribution in [2.75, 3.05) is 33.3 Å². The number of nitrogens with one attached hydrogen (secondary N) is 1. The van der Waals surface area contributed by atoms with E-state index < -0.39 is 0 Å². The van der Waals surface area contributed by atoms with Crippen LogP contribution in [0.3, 0.4) is 0 Å². The van der Waals surface area contributed by atoms with E-state index in [-0.39, 0.29) is 12.1 Å². The number of benzene rings is 2. The van der Waals surface area contributed by atoms with Gasteiger partial charge in [0.25, 0.3) is 0 Å². The second kappa shape index (κ2) is 6.56. The highest BCUT2D eigenvalue weighted by atomic mass is 16.5. The van der Waals surface area contributed by atoms with Crippen LogP contribution in [-0.2, 0) is 4.74 Å². The quantitative estimate of drug-likeness (QED) is 0.934. The van der Waals surface area contributed by atoms with Crippen molar-refractivity contribution in [2.45, 2.75) is 19.1 Å². The molecule has 1 N–H and O–H groups in total. The molecule has 0 aliphatic carbocycles. The van der Waals surface area contributed by atoms with Crippen molar-refractivity contribution < 1.29 is 4.74 Å². The summed E-state index contributed by atoms with van der Waals surface area (Å²) in [6.45, 7) is 5.90. The van der Waals surface area contributed by atoms with Gasteiger partial charge >= 0.3 is 0 Å². The zero-order chi connectivity index (χ0) is 14.7. The van der Waals surface area contributed by atoms with Gasteiger partial charge in [-0.15, -0.1) is 0 Å². The van der Waals surface area contributed by atoms with Crippen LogP contribution in [0, 0.1) is 0 Å². The second-order valence-corrected chi connectivity index (χ2v) is 5.78. The van der Waals surface area contributed by atoms with Gasteiger partial charge in [-0.25, -0.2) is 0 Å². The van der Waals surface area contributed by atoms with E-state index >= 15 is 0 Å². The molecule has 3 nitrogen and oxygen atoms in total. The fraction of sp³-hybridized carbons (Fsp3) is 0.444. The van der Waals surface area contributed by atoms with Crippen LogP contribution in [0.25, 0.3) is 10.8 Å². The van der Waals surface area contributed by atoms with Gasteiger partial charge in [-0.3, -0.25) is 0 Å². The maximum atomic E-state index is 6.06.